The van der Waals surface area contributed by atoms with Crippen LogP contribution in [0.25, 0.3) is 0 Å². The molecule has 98 valence electrons. The topological polar surface area (TPSA) is 91.7 Å². The molecule has 0 amide bonds. The average Bonchev–Trinajstić information content (AvgIpc) is 2.39. The van der Waals surface area contributed by atoms with Crippen molar-refractivity contribution in [1.82, 2.24) is 4.98 Å². The fraction of sp³-hybridized carbons (Fsp3) is 0. The van der Waals surface area contributed by atoms with Gasteiger partial charge in [-0.05, 0) is 42.0 Å². The van der Waals surface area contributed by atoms with Crippen LogP contribution in [0, 0.1) is 0 Å². The SMILES string of the molecule is O=S(=O)(O)c1ccc(N/N=C/c2ccncc2)cc1. The highest BCUT2D eigenvalue weighted by atomic mass is 32.2. The number of nitrogens with zero attached hydrogens (tertiary/aromatic N) is 2. The van der Waals surface area contributed by atoms with Gasteiger partial charge in [0.2, 0.25) is 0 Å². The molecule has 2 aromatic rings. The molecular weight excluding hydrogens is 266 g/mol. The molecule has 2 rings (SSSR count). The summed E-state index contributed by atoms with van der Waals surface area (Å²) in [6.07, 6.45) is 4.92. The van der Waals surface area contributed by atoms with Crippen LogP contribution in [-0.4, -0.2) is 24.2 Å². The third-order valence-corrected chi connectivity index (χ3v) is 3.13. The Bertz CT molecular complexity index is 667. The molecular formula is C12H11N3O3S. The molecule has 7 heteroatoms. The van der Waals surface area contributed by atoms with Gasteiger partial charge in [0.25, 0.3) is 10.1 Å². The van der Waals surface area contributed by atoms with E-state index in [2.05, 4.69) is 15.5 Å². The van der Waals surface area contributed by atoms with Crippen molar-refractivity contribution in [2.24, 2.45) is 5.10 Å². The van der Waals surface area contributed by atoms with Gasteiger partial charge < -0.3 is 0 Å². The smallest absolute Gasteiger partial charge is 0.282 e. The highest BCUT2D eigenvalue weighted by Gasteiger charge is 2.07. The van der Waals surface area contributed by atoms with E-state index in [0.29, 0.717) is 5.69 Å². The highest BCUT2D eigenvalue weighted by molar-refractivity contribution is 7.85. The molecule has 0 radical (unpaired) electrons. The normalized spacial score (nSPS) is 11.6. The number of anilines is 1. The molecule has 0 spiro atoms. The first-order chi connectivity index (χ1) is 9.05. The third-order valence-electron chi connectivity index (χ3n) is 2.27. The molecule has 0 aliphatic heterocycles. The van der Waals surface area contributed by atoms with Crippen molar-refractivity contribution in [2.75, 3.05) is 5.43 Å². The lowest BCUT2D eigenvalue weighted by atomic mass is 10.3. The Morgan fingerprint density at radius 3 is 2.32 bits per heavy atom. The summed E-state index contributed by atoms with van der Waals surface area (Å²) in [5.41, 5.74) is 4.24. The molecule has 0 fully saturated rings. The van der Waals surface area contributed by atoms with Crippen molar-refractivity contribution < 1.29 is 13.0 Å². The first-order valence-corrected chi connectivity index (χ1v) is 6.76. The van der Waals surface area contributed by atoms with Crippen LogP contribution in [0.15, 0.2) is 58.8 Å². The maximum absolute atomic E-state index is 10.8. The van der Waals surface area contributed by atoms with Crippen LogP contribution >= 0.6 is 0 Å². The Morgan fingerprint density at radius 1 is 1.11 bits per heavy atom. The second-order valence-corrected chi connectivity index (χ2v) is 5.07. The van der Waals surface area contributed by atoms with Gasteiger partial charge in [-0.2, -0.15) is 13.5 Å². The Balaban J connectivity index is 2.03. The monoisotopic (exact) mass is 277 g/mol. The first kappa shape index (κ1) is 13.2. The Morgan fingerprint density at radius 2 is 1.74 bits per heavy atom. The minimum Gasteiger partial charge on any atom is -0.282 e. The van der Waals surface area contributed by atoms with Crippen LogP contribution in [0.1, 0.15) is 5.56 Å². The van der Waals surface area contributed by atoms with Gasteiger partial charge in [0, 0.05) is 12.4 Å². The van der Waals surface area contributed by atoms with E-state index in [9.17, 15) is 8.42 Å². The third kappa shape index (κ3) is 3.87. The van der Waals surface area contributed by atoms with Crippen molar-refractivity contribution in [2.45, 2.75) is 4.90 Å². The van der Waals surface area contributed by atoms with E-state index >= 15 is 0 Å². The maximum Gasteiger partial charge on any atom is 0.294 e. The first-order valence-electron chi connectivity index (χ1n) is 5.32. The molecule has 0 aliphatic carbocycles. The van der Waals surface area contributed by atoms with Crippen LogP contribution in [0.4, 0.5) is 5.69 Å². The molecule has 1 aromatic heterocycles. The summed E-state index contributed by atoms with van der Waals surface area (Å²) in [6, 6.07) is 9.19. The van der Waals surface area contributed by atoms with Crippen LogP contribution in [0.2, 0.25) is 0 Å². The minimum atomic E-state index is -4.16. The van der Waals surface area contributed by atoms with E-state index in [-0.39, 0.29) is 4.90 Å². The van der Waals surface area contributed by atoms with Crippen LogP contribution < -0.4 is 5.43 Å². The van der Waals surface area contributed by atoms with E-state index in [0.717, 1.165) is 5.56 Å². The molecule has 0 saturated carbocycles. The number of pyridine rings is 1. The molecule has 0 aliphatic rings. The molecule has 1 aromatic carbocycles. The van der Waals surface area contributed by atoms with Gasteiger partial charge >= 0.3 is 0 Å². The molecule has 0 bridgehead atoms. The molecule has 2 N–H and O–H groups in total. The van der Waals surface area contributed by atoms with Crippen LogP contribution in [0.5, 0.6) is 0 Å². The molecule has 6 nitrogen and oxygen atoms in total. The van der Waals surface area contributed by atoms with Gasteiger partial charge in [0.15, 0.2) is 0 Å². The standard InChI is InChI=1S/C12H11N3O3S/c16-19(17,18)12-3-1-11(2-4-12)15-14-9-10-5-7-13-8-6-10/h1-9,15H,(H,16,17,18)/b14-9+. The Kier molecular flexibility index (Phi) is 3.88. The number of hydrogen-bond donors (Lipinski definition) is 2. The summed E-state index contributed by atoms with van der Waals surface area (Å²) in [4.78, 5) is 3.73. The molecule has 1 heterocycles. The number of aromatic nitrogens is 1. The van der Waals surface area contributed by atoms with Crippen molar-refractivity contribution in [3.63, 3.8) is 0 Å². The lowest BCUT2D eigenvalue weighted by Gasteiger charge is -2.01. The summed E-state index contributed by atoms with van der Waals surface area (Å²) in [7, 11) is -4.16. The fourth-order valence-electron chi connectivity index (χ4n) is 1.33. The van der Waals surface area contributed by atoms with Crippen molar-refractivity contribution in [1.29, 1.82) is 0 Å². The van der Waals surface area contributed by atoms with Crippen molar-refractivity contribution in [3.8, 4) is 0 Å². The average molecular weight is 277 g/mol. The fourth-order valence-corrected chi connectivity index (χ4v) is 1.81. The predicted octanol–water partition coefficient (Wildman–Crippen LogP) is 1.77. The van der Waals surface area contributed by atoms with Crippen LogP contribution in [-0.2, 0) is 10.1 Å². The van der Waals surface area contributed by atoms with Gasteiger partial charge in [-0.3, -0.25) is 15.0 Å². The number of benzene rings is 1. The second kappa shape index (κ2) is 5.59. The van der Waals surface area contributed by atoms with Gasteiger partial charge in [-0.25, -0.2) is 0 Å². The van der Waals surface area contributed by atoms with E-state index < -0.39 is 10.1 Å². The Labute approximate surface area is 110 Å². The van der Waals surface area contributed by atoms with E-state index in [4.69, 9.17) is 4.55 Å². The minimum absolute atomic E-state index is 0.156. The lowest BCUT2D eigenvalue weighted by Crippen LogP contribution is -1.98. The summed E-state index contributed by atoms with van der Waals surface area (Å²) in [5, 5.41) is 3.99. The van der Waals surface area contributed by atoms with E-state index in [1.807, 2.05) is 0 Å². The number of nitrogens with one attached hydrogen (secondary N) is 1. The largest absolute Gasteiger partial charge is 0.294 e. The zero-order valence-corrected chi connectivity index (χ0v) is 10.6. The van der Waals surface area contributed by atoms with Gasteiger partial charge in [-0.1, -0.05) is 0 Å². The van der Waals surface area contributed by atoms with Gasteiger partial charge in [-0.15, -0.1) is 0 Å². The zero-order chi connectivity index (χ0) is 13.7. The zero-order valence-electron chi connectivity index (χ0n) is 9.76. The lowest BCUT2D eigenvalue weighted by molar-refractivity contribution is 0.483. The summed E-state index contributed by atoms with van der Waals surface area (Å²) < 4.78 is 30.5. The highest BCUT2D eigenvalue weighted by Crippen LogP contribution is 2.13. The molecule has 0 atom stereocenters. The molecule has 0 saturated heterocycles. The van der Waals surface area contributed by atoms with Gasteiger partial charge in [0.1, 0.15) is 0 Å². The van der Waals surface area contributed by atoms with Crippen molar-refractivity contribution >= 4 is 22.0 Å². The predicted molar refractivity (Wildman–Crippen MR) is 71.7 cm³/mol. The van der Waals surface area contributed by atoms with E-state index in [1.54, 1.807) is 30.7 Å². The second-order valence-electron chi connectivity index (χ2n) is 3.65. The van der Waals surface area contributed by atoms with Gasteiger partial charge in [0.05, 0.1) is 16.8 Å². The number of hydrogen-bond acceptors (Lipinski definition) is 5. The Hall–Kier alpha value is -2.25. The summed E-state index contributed by atoms with van der Waals surface area (Å²) in [5.74, 6) is 0. The van der Waals surface area contributed by atoms with E-state index in [1.165, 1.54) is 24.3 Å². The number of hydrazone groups is 1. The quantitative estimate of drug-likeness (QED) is 0.505. The summed E-state index contributed by atoms with van der Waals surface area (Å²) >= 11 is 0. The van der Waals surface area contributed by atoms with Crippen molar-refractivity contribution in [3.05, 3.63) is 54.4 Å². The molecule has 19 heavy (non-hydrogen) atoms. The molecule has 0 unspecified atom stereocenters. The number of rotatable bonds is 4. The maximum atomic E-state index is 10.8. The van der Waals surface area contributed by atoms with Crippen LogP contribution in [0.3, 0.4) is 0 Å². The summed E-state index contributed by atoms with van der Waals surface area (Å²) in [6.45, 7) is 0.